The fraction of sp³-hybridized carbons (Fsp3) is 0.417. The number of amides is 1. The van der Waals surface area contributed by atoms with Crippen LogP contribution in [0.5, 0.6) is 0 Å². The molecule has 0 saturated heterocycles. The average Bonchev–Trinajstić information content (AvgIpc) is 2.40. The third kappa shape index (κ3) is 5.36. The molecule has 0 spiro atoms. The fourth-order valence-electron chi connectivity index (χ4n) is 1.36. The Labute approximate surface area is 121 Å². The van der Waals surface area contributed by atoms with Crippen molar-refractivity contribution in [3.63, 3.8) is 0 Å². The van der Waals surface area contributed by atoms with Crippen LogP contribution in [-0.2, 0) is 4.74 Å². The van der Waals surface area contributed by atoms with Crippen molar-refractivity contribution in [2.24, 2.45) is 0 Å². The van der Waals surface area contributed by atoms with E-state index in [0.29, 0.717) is 25.8 Å². The molecule has 4 nitrogen and oxygen atoms in total. The largest absolute Gasteiger partial charge is 0.383 e. The quantitative estimate of drug-likeness (QED) is 0.592. The predicted molar refractivity (Wildman–Crippen MR) is 70.6 cm³/mol. The molecule has 8 heteroatoms. The maximum absolute atomic E-state index is 13.3. The Morgan fingerprint density at radius 3 is 2.50 bits per heavy atom. The Kier molecular flexibility index (Phi) is 8.94. The van der Waals surface area contributed by atoms with E-state index in [1.54, 1.807) is 7.11 Å². The highest BCUT2D eigenvalue weighted by molar-refractivity contribution is 5.94. The topological polar surface area (TPSA) is 50.4 Å². The van der Waals surface area contributed by atoms with Gasteiger partial charge in [-0.05, 0) is 12.1 Å². The van der Waals surface area contributed by atoms with E-state index in [4.69, 9.17) is 4.74 Å². The second kappa shape index (κ2) is 9.57. The molecule has 0 bridgehead atoms. The van der Waals surface area contributed by atoms with Crippen molar-refractivity contribution in [3.05, 3.63) is 35.1 Å². The van der Waals surface area contributed by atoms with Crippen LogP contribution >= 0.6 is 12.4 Å². The van der Waals surface area contributed by atoms with Crippen molar-refractivity contribution in [1.29, 1.82) is 0 Å². The summed E-state index contributed by atoms with van der Waals surface area (Å²) in [7, 11) is 1.56. The summed E-state index contributed by atoms with van der Waals surface area (Å²) in [6.45, 7) is 1.85. The van der Waals surface area contributed by atoms with Gasteiger partial charge < -0.3 is 15.4 Å². The van der Waals surface area contributed by atoms with Crippen LogP contribution in [0.25, 0.3) is 0 Å². The summed E-state index contributed by atoms with van der Waals surface area (Å²) in [4.78, 5) is 11.5. The van der Waals surface area contributed by atoms with Crippen molar-refractivity contribution >= 4 is 18.3 Å². The summed E-state index contributed by atoms with van der Waals surface area (Å²) in [6, 6.07) is 1.62. The summed E-state index contributed by atoms with van der Waals surface area (Å²) in [5, 5.41) is 5.35. The summed E-state index contributed by atoms with van der Waals surface area (Å²) in [6.07, 6.45) is 0. The highest BCUT2D eigenvalue weighted by Crippen LogP contribution is 2.14. The van der Waals surface area contributed by atoms with Crippen LogP contribution in [0.15, 0.2) is 12.1 Å². The predicted octanol–water partition coefficient (Wildman–Crippen LogP) is 1.49. The van der Waals surface area contributed by atoms with Gasteiger partial charge >= 0.3 is 0 Å². The van der Waals surface area contributed by atoms with Crippen molar-refractivity contribution in [3.8, 4) is 0 Å². The number of rotatable bonds is 7. The molecular weight excluding hydrogens is 297 g/mol. The van der Waals surface area contributed by atoms with Gasteiger partial charge in [0, 0.05) is 26.7 Å². The van der Waals surface area contributed by atoms with Gasteiger partial charge in [0.25, 0.3) is 5.91 Å². The van der Waals surface area contributed by atoms with Gasteiger partial charge in [0.1, 0.15) is 0 Å². The van der Waals surface area contributed by atoms with Crippen molar-refractivity contribution in [2.75, 3.05) is 33.4 Å². The monoisotopic (exact) mass is 312 g/mol. The molecule has 0 aliphatic carbocycles. The standard InChI is InChI=1S/C12H15F3N2O2.ClH/c1-19-7-6-16-4-5-17-12(18)8-2-3-9(13)11(15)10(8)14;/h2-3,16H,4-7H2,1H3,(H,17,18);1H. The van der Waals surface area contributed by atoms with Gasteiger partial charge in [0.15, 0.2) is 17.5 Å². The maximum atomic E-state index is 13.3. The van der Waals surface area contributed by atoms with Crippen molar-refractivity contribution < 1.29 is 22.7 Å². The second-order valence-electron chi connectivity index (χ2n) is 3.72. The molecule has 0 atom stereocenters. The van der Waals surface area contributed by atoms with Gasteiger partial charge in [-0.2, -0.15) is 0 Å². The van der Waals surface area contributed by atoms with E-state index in [-0.39, 0.29) is 19.0 Å². The number of methoxy groups -OCH3 is 1. The molecule has 2 N–H and O–H groups in total. The molecule has 0 aliphatic rings. The molecule has 0 radical (unpaired) electrons. The third-order valence-corrected chi connectivity index (χ3v) is 2.35. The second-order valence-corrected chi connectivity index (χ2v) is 3.72. The number of carbonyl (C=O) groups excluding carboxylic acids is 1. The van der Waals surface area contributed by atoms with Crippen molar-refractivity contribution in [1.82, 2.24) is 10.6 Å². The zero-order valence-corrected chi connectivity index (χ0v) is 11.7. The summed E-state index contributed by atoms with van der Waals surface area (Å²) in [5.74, 6) is -5.24. The highest BCUT2D eigenvalue weighted by Gasteiger charge is 2.18. The molecule has 0 saturated carbocycles. The first-order valence-electron chi connectivity index (χ1n) is 5.69. The Bertz CT molecular complexity index is 447. The number of ether oxygens (including phenoxy) is 1. The first-order chi connectivity index (χ1) is 9.07. The van der Waals surface area contributed by atoms with Crippen molar-refractivity contribution in [2.45, 2.75) is 0 Å². The summed E-state index contributed by atoms with van der Waals surface area (Å²) >= 11 is 0. The summed E-state index contributed by atoms with van der Waals surface area (Å²) < 4.78 is 43.7. The van der Waals surface area contributed by atoms with Crippen LogP contribution in [0.3, 0.4) is 0 Å². The van der Waals surface area contributed by atoms with Gasteiger partial charge in [-0.15, -0.1) is 12.4 Å². The molecule has 0 heterocycles. The Balaban J connectivity index is 0.00000361. The molecule has 114 valence electrons. The lowest BCUT2D eigenvalue weighted by atomic mass is 10.2. The Morgan fingerprint density at radius 1 is 1.15 bits per heavy atom. The van der Waals surface area contributed by atoms with Gasteiger partial charge in [0.05, 0.1) is 12.2 Å². The molecule has 1 aromatic carbocycles. The maximum Gasteiger partial charge on any atom is 0.254 e. The van der Waals surface area contributed by atoms with E-state index >= 15 is 0 Å². The molecule has 0 aliphatic heterocycles. The number of carbonyl (C=O) groups is 1. The van der Waals surface area contributed by atoms with E-state index in [1.807, 2.05) is 0 Å². The minimum Gasteiger partial charge on any atom is -0.383 e. The Hall–Kier alpha value is -1.31. The molecule has 1 aromatic rings. The van der Waals surface area contributed by atoms with E-state index in [2.05, 4.69) is 10.6 Å². The zero-order chi connectivity index (χ0) is 14.3. The molecular formula is C12H16ClF3N2O2. The van der Waals surface area contributed by atoms with Crippen LogP contribution in [-0.4, -0.2) is 39.3 Å². The van der Waals surface area contributed by atoms with Crippen LogP contribution < -0.4 is 10.6 Å². The first-order valence-corrected chi connectivity index (χ1v) is 5.69. The summed E-state index contributed by atoms with van der Waals surface area (Å²) in [5.41, 5.74) is -0.518. The number of halogens is 4. The number of nitrogens with one attached hydrogen (secondary N) is 2. The average molecular weight is 313 g/mol. The van der Waals surface area contributed by atoms with E-state index < -0.39 is 28.9 Å². The molecule has 1 amide bonds. The minimum absolute atomic E-state index is 0. The molecule has 0 fully saturated rings. The molecule has 0 aromatic heterocycles. The van der Waals surface area contributed by atoms with Gasteiger partial charge in [-0.25, -0.2) is 13.2 Å². The van der Waals surface area contributed by atoms with Crippen LogP contribution in [0.4, 0.5) is 13.2 Å². The van der Waals surface area contributed by atoms with Gasteiger partial charge in [-0.3, -0.25) is 4.79 Å². The molecule has 0 unspecified atom stereocenters. The van der Waals surface area contributed by atoms with Crippen LogP contribution in [0, 0.1) is 17.5 Å². The number of benzene rings is 1. The van der Waals surface area contributed by atoms with Crippen LogP contribution in [0.1, 0.15) is 10.4 Å². The first kappa shape index (κ1) is 18.7. The van der Waals surface area contributed by atoms with E-state index in [9.17, 15) is 18.0 Å². The molecule has 20 heavy (non-hydrogen) atoms. The van der Waals surface area contributed by atoms with Gasteiger partial charge in [-0.1, -0.05) is 0 Å². The minimum atomic E-state index is -1.65. The van der Waals surface area contributed by atoms with Gasteiger partial charge in [0.2, 0.25) is 0 Å². The van der Waals surface area contributed by atoms with Crippen LogP contribution in [0.2, 0.25) is 0 Å². The van der Waals surface area contributed by atoms with E-state index in [0.717, 1.165) is 6.07 Å². The van der Waals surface area contributed by atoms with E-state index in [1.165, 1.54) is 0 Å². The smallest absolute Gasteiger partial charge is 0.254 e. The lowest BCUT2D eigenvalue weighted by molar-refractivity contribution is 0.0948. The normalized spacial score (nSPS) is 10.0. The zero-order valence-electron chi connectivity index (χ0n) is 10.8. The number of hydrogen-bond donors (Lipinski definition) is 2. The number of hydrogen-bond acceptors (Lipinski definition) is 3. The SMILES string of the molecule is COCCNCCNC(=O)c1ccc(F)c(F)c1F.Cl. The Morgan fingerprint density at radius 2 is 1.85 bits per heavy atom. The lowest BCUT2D eigenvalue weighted by Crippen LogP contribution is -2.33. The highest BCUT2D eigenvalue weighted by atomic mass is 35.5. The fourth-order valence-corrected chi connectivity index (χ4v) is 1.36. The molecule has 1 rings (SSSR count). The third-order valence-electron chi connectivity index (χ3n) is 2.35. The lowest BCUT2D eigenvalue weighted by Gasteiger charge is -2.07.